The molecule has 17 heavy (non-hydrogen) atoms. The first-order chi connectivity index (χ1) is 8.17. The summed E-state index contributed by atoms with van der Waals surface area (Å²) in [7, 11) is 0. The molecule has 2 heteroatoms. The first-order valence-electron chi connectivity index (χ1n) is 7.63. The van der Waals surface area contributed by atoms with E-state index in [-0.39, 0.29) is 0 Å². The largest absolute Gasteiger partial charge is 0.314 e. The molecule has 0 bridgehead atoms. The Hall–Kier alpha value is -0.0800. The van der Waals surface area contributed by atoms with Gasteiger partial charge in [-0.15, -0.1) is 0 Å². The SMILES string of the molecule is CCNC(CC)CCCN1CCC(C(C)C)C1. The molecule has 1 N–H and O–H groups in total. The second-order valence-electron chi connectivity index (χ2n) is 5.90. The van der Waals surface area contributed by atoms with Crippen molar-refractivity contribution in [2.75, 3.05) is 26.2 Å². The van der Waals surface area contributed by atoms with E-state index in [1.807, 2.05) is 0 Å². The molecule has 0 saturated carbocycles. The molecule has 1 saturated heterocycles. The van der Waals surface area contributed by atoms with Gasteiger partial charge in [0.25, 0.3) is 0 Å². The molecule has 1 rings (SSSR count). The van der Waals surface area contributed by atoms with E-state index >= 15 is 0 Å². The molecule has 0 amide bonds. The molecule has 0 aromatic rings. The van der Waals surface area contributed by atoms with Gasteiger partial charge in [0.05, 0.1) is 0 Å². The van der Waals surface area contributed by atoms with Gasteiger partial charge < -0.3 is 10.2 Å². The Balaban J connectivity index is 2.11. The number of hydrogen-bond donors (Lipinski definition) is 1. The predicted octanol–water partition coefficient (Wildman–Crippen LogP) is 3.13. The van der Waals surface area contributed by atoms with Gasteiger partial charge in [0, 0.05) is 12.6 Å². The van der Waals surface area contributed by atoms with Gasteiger partial charge in [-0.05, 0) is 57.2 Å². The van der Waals surface area contributed by atoms with E-state index in [2.05, 4.69) is 37.9 Å². The van der Waals surface area contributed by atoms with Crippen molar-refractivity contribution in [1.82, 2.24) is 10.2 Å². The van der Waals surface area contributed by atoms with Crippen molar-refractivity contribution in [2.24, 2.45) is 11.8 Å². The molecule has 2 nitrogen and oxygen atoms in total. The van der Waals surface area contributed by atoms with Gasteiger partial charge in [0.2, 0.25) is 0 Å². The van der Waals surface area contributed by atoms with Gasteiger partial charge in [0.15, 0.2) is 0 Å². The van der Waals surface area contributed by atoms with Crippen LogP contribution in [0.2, 0.25) is 0 Å². The Labute approximate surface area is 108 Å². The van der Waals surface area contributed by atoms with Crippen molar-refractivity contribution >= 4 is 0 Å². The lowest BCUT2D eigenvalue weighted by molar-refractivity contribution is 0.290. The summed E-state index contributed by atoms with van der Waals surface area (Å²) in [6.07, 6.45) is 5.38. The summed E-state index contributed by atoms with van der Waals surface area (Å²) in [6.45, 7) is 14.3. The van der Waals surface area contributed by atoms with Gasteiger partial charge in [-0.25, -0.2) is 0 Å². The third-order valence-corrected chi connectivity index (χ3v) is 4.26. The molecule has 1 aliphatic heterocycles. The van der Waals surface area contributed by atoms with E-state index in [0.717, 1.165) is 24.4 Å². The third kappa shape index (κ3) is 5.39. The van der Waals surface area contributed by atoms with Crippen molar-refractivity contribution in [3.63, 3.8) is 0 Å². The van der Waals surface area contributed by atoms with Crippen LogP contribution in [0.5, 0.6) is 0 Å². The van der Waals surface area contributed by atoms with Crippen LogP contribution in [-0.4, -0.2) is 37.1 Å². The van der Waals surface area contributed by atoms with E-state index in [1.165, 1.54) is 45.3 Å². The van der Waals surface area contributed by atoms with Gasteiger partial charge in [-0.1, -0.05) is 27.7 Å². The Bertz CT molecular complexity index is 191. The summed E-state index contributed by atoms with van der Waals surface area (Å²) < 4.78 is 0. The maximum atomic E-state index is 3.57. The lowest BCUT2D eigenvalue weighted by Gasteiger charge is -2.20. The third-order valence-electron chi connectivity index (χ3n) is 4.26. The van der Waals surface area contributed by atoms with Crippen LogP contribution < -0.4 is 5.32 Å². The summed E-state index contributed by atoms with van der Waals surface area (Å²) >= 11 is 0. The second-order valence-corrected chi connectivity index (χ2v) is 5.90. The van der Waals surface area contributed by atoms with Gasteiger partial charge in [0.1, 0.15) is 0 Å². The number of nitrogens with one attached hydrogen (secondary N) is 1. The fraction of sp³-hybridized carbons (Fsp3) is 1.00. The minimum absolute atomic E-state index is 0.739. The van der Waals surface area contributed by atoms with Crippen molar-refractivity contribution in [3.8, 4) is 0 Å². The quantitative estimate of drug-likeness (QED) is 0.701. The number of nitrogens with zero attached hydrogens (tertiary/aromatic N) is 1. The lowest BCUT2D eigenvalue weighted by Crippen LogP contribution is -2.30. The molecule has 0 aromatic carbocycles. The molecule has 2 unspecified atom stereocenters. The Kier molecular flexibility index (Phi) is 7.14. The van der Waals surface area contributed by atoms with Crippen LogP contribution in [0.3, 0.4) is 0 Å². The predicted molar refractivity (Wildman–Crippen MR) is 76.4 cm³/mol. The van der Waals surface area contributed by atoms with E-state index in [0.29, 0.717) is 0 Å². The Morgan fingerprint density at radius 3 is 2.59 bits per heavy atom. The van der Waals surface area contributed by atoms with Gasteiger partial charge in [-0.3, -0.25) is 0 Å². The molecule has 0 spiro atoms. The van der Waals surface area contributed by atoms with Crippen molar-refractivity contribution in [3.05, 3.63) is 0 Å². The van der Waals surface area contributed by atoms with Crippen LogP contribution in [0.25, 0.3) is 0 Å². The van der Waals surface area contributed by atoms with Crippen LogP contribution in [0.1, 0.15) is 53.4 Å². The molecule has 1 heterocycles. The van der Waals surface area contributed by atoms with Gasteiger partial charge >= 0.3 is 0 Å². The molecular weight excluding hydrogens is 208 g/mol. The summed E-state index contributed by atoms with van der Waals surface area (Å²) in [5.41, 5.74) is 0. The first kappa shape index (κ1) is 15.0. The van der Waals surface area contributed by atoms with E-state index in [1.54, 1.807) is 0 Å². The molecule has 0 radical (unpaired) electrons. The highest BCUT2D eigenvalue weighted by Crippen LogP contribution is 2.23. The number of rotatable bonds is 8. The zero-order valence-corrected chi connectivity index (χ0v) is 12.3. The topological polar surface area (TPSA) is 15.3 Å². The minimum atomic E-state index is 0.739. The fourth-order valence-corrected chi connectivity index (χ4v) is 2.91. The van der Waals surface area contributed by atoms with Crippen molar-refractivity contribution in [2.45, 2.75) is 59.4 Å². The smallest absolute Gasteiger partial charge is 0.00647 e. The van der Waals surface area contributed by atoms with Crippen molar-refractivity contribution < 1.29 is 0 Å². The highest BCUT2D eigenvalue weighted by Gasteiger charge is 2.24. The Morgan fingerprint density at radius 1 is 1.29 bits per heavy atom. The van der Waals surface area contributed by atoms with Gasteiger partial charge in [-0.2, -0.15) is 0 Å². The highest BCUT2D eigenvalue weighted by atomic mass is 15.1. The molecule has 1 fully saturated rings. The van der Waals surface area contributed by atoms with Crippen LogP contribution in [0, 0.1) is 11.8 Å². The van der Waals surface area contributed by atoms with Crippen LogP contribution in [0.15, 0.2) is 0 Å². The number of likely N-dealkylation sites (tertiary alicyclic amines) is 1. The standard InChI is InChI=1S/C15H32N2/c1-5-15(16-6-2)8-7-10-17-11-9-14(12-17)13(3)4/h13-16H,5-12H2,1-4H3. The highest BCUT2D eigenvalue weighted by molar-refractivity contribution is 4.78. The van der Waals surface area contributed by atoms with E-state index in [9.17, 15) is 0 Å². The maximum absolute atomic E-state index is 3.57. The summed E-state index contributed by atoms with van der Waals surface area (Å²) in [5.74, 6) is 1.82. The molecule has 0 aromatic heterocycles. The molecule has 2 atom stereocenters. The minimum Gasteiger partial charge on any atom is -0.314 e. The maximum Gasteiger partial charge on any atom is 0.00647 e. The monoisotopic (exact) mass is 240 g/mol. The second kappa shape index (κ2) is 8.10. The zero-order valence-electron chi connectivity index (χ0n) is 12.3. The summed E-state index contributed by atoms with van der Waals surface area (Å²) in [5, 5.41) is 3.57. The Morgan fingerprint density at radius 2 is 2.06 bits per heavy atom. The fourth-order valence-electron chi connectivity index (χ4n) is 2.91. The zero-order chi connectivity index (χ0) is 12.7. The molecule has 1 aliphatic rings. The summed E-state index contributed by atoms with van der Waals surface area (Å²) in [4.78, 5) is 2.67. The molecular formula is C15H32N2. The van der Waals surface area contributed by atoms with Crippen LogP contribution >= 0.6 is 0 Å². The average Bonchev–Trinajstić information content (AvgIpc) is 2.77. The normalized spacial score (nSPS) is 23.5. The molecule has 102 valence electrons. The van der Waals surface area contributed by atoms with E-state index in [4.69, 9.17) is 0 Å². The lowest BCUT2D eigenvalue weighted by atomic mass is 9.95. The summed E-state index contributed by atoms with van der Waals surface area (Å²) in [6, 6.07) is 0.739. The van der Waals surface area contributed by atoms with Crippen LogP contribution in [-0.2, 0) is 0 Å². The van der Waals surface area contributed by atoms with E-state index < -0.39 is 0 Å². The number of hydrogen-bond acceptors (Lipinski definition) is 2. The first-order valence-corrected chi connectivity index (χ1v) is 7.63. The van der Waals surface area contributed by atoms with Crippen molar-refractivity contribution in [1.29, 1.82) is 0 Å². The average molecular weight is 240 g/mol. The molecule has 0 aliphatic carbocycles. The van der Waals surface area contributed by atoms with Crippen LogP contribution in [0.4, 0.5) is 0 Å².